The normalized spacial score (nSPS) is 16.8. The first kappa shape index (κ1) is 16.7. The van der Waals surface area contributed by atoms with Gasteiger partial charge in [0.1, 0.15) is 0 Å². The predicted molar refractivity (Wildman–Crippen MR) is 99.9 cm³/mol. The van der Waals surface area contributed by atoms with E-state index in [1.807, 2.05) is 39.4 Å². The second-order valence-electron chi connectivity index (χ2n) is 6.32. The summed E-state index contributed by atoms with van der Waals surface area (Å²) in [7, 11) is 0. The Hall–Kier alpha value is -2.74. The Morgan fingerprint density at radius 1 is 1.19 bits per heavy atom. The molecule has 134 valence electrons. The minimum Gasteiger partial charge on any atom is -0.354 e. The topological polar surface area (TPSA) is 75.9 Å². The van der Waals surface area contributed by atoms with E-state index in [-0.39, 0.29) is 5.91 Å². The van der Waals surface area contributed by atoms with E-state index < -0.39 is 0 Å². The molecule has 0 saturated heterocycles. The number of amides is 1. The number of anilines is 1. The first-order chi connectivity index (χ1) is 12.8. The van der Waals surface area contributed by atoms with Gasteiger partial charge in [0.05, 0.1) is 17.1 Å². The summed E-state index contributed by atoms with van der Waals surface area (Å²) in [6.07, 6.45) is 6.16. The van der Waals surface area contributed by atoms with Crippen LogP contribution in [-0.4, -0.2) is 43.6 Å². The Morgan fingerprint density at radius 3 is 2.88 bits per heavy atom. The smallest absolute Gasteiger partial charge is 0.264 e. The van der Waals surface area contributed by atoms with E-state index >= 15 is 0 Å². The first-order valence-corrected chi connectivity index (χ1v) is 9.52. The van der Waals surface area contributed by atoms with Gasteiger partial charge in [0.25, 0.3) is 5.91 Å². The third-order valence-electron chi connectivity index (χ3n) is 4.49. The average molecular weight is 368 g/mol. The molecule has 1 unspecified atom stereocenters. The van der Waals surface area contributed by atoms with Gasteiger partial charge >= 0.3 is 0 Å². The molecule has 7 nitrogen and oxygen atoms in total. The molecule has 0 fully saturated rings. The Labute approximate surface area is 155 Å². The number of nitrogens with one attached hydrogen (secondary N) is 1. The molecule has 0 bridgehead atoms. The predicted octanol–water partition coefficient (Wildman–Crippen LogP) is 2.51. The molecule has 3 aromatic heterocycles. The van der Waals surface area contributed by atoms with Crippen LogP contribution >= 0.6 is 11.3 Å². The third kappa shape index (κ3) is 3.75. The minimum atomic E-state index is 0.0963. The molecule has 4 heterocycles. The van der Waals surface area contributed by atoms with Crippen LogP contribution in [0.2, 0.25) is 0 Å². The average Bonchev–Trinajstić information content (AvgIpc) is 3.31. The van der Waals surface area contributed by atoms with Crippen molar-refractivity contribution in [3.8, 4) is 0 Å². The molecule has 1 aliphatic rings. The van der Waals surface area contributed by atoms with E-state index in [9.17, 15) is 4.79 Å². The summed E-state index contributed by atoms with van der Waals surface area (Å²) >= 11 is 1.49. The van der Waals surface area contributed by atoms with Gasteiger partial charge in [0.2, 0.25) is 5.95 Å². The molecule has 0 aliphatic carbocycles. The van der Waals surface area contributed by atoms with Gasteiger partial charge in [-0.05, 0) is 35.9 Å². The highest BCUT2D eigenvalue weighted by atomic mass is 32.1. The lowest BCUT2D eigenvalue weighted by Gasteiger charge is -2.23. The first-order valence-electron chi connectivity index (χ1n) is 8.64. The maximum Gasteiger partial charge on any atom is 0.264 e. The Morgan fingerprint density at radius 2 is 2.08 bits per heavy atom. The lowest BCUT2D eigenvalue weighted by Crippen LogP contribution is -2.34. The van der Waals surface area contributed by atoms with Crippen LogP contribution < -0.4 is 5.32 Å². The van der Waals surface area contributed by atoms with E-state index in [0.29, 0.717) is 18.4 Å². The molecule has 8 heteroatoms. The third-order valence-corrected chi connectivity index (χ3v) is 5.35. The van der Waals surface area contributed by atoms with Crippen LogP contribution in [0.5, 0.6) is 0 Å². The van der Waals surface area contributed by atoms with Gasteiger partial charge in [-0.1, -0.05) is 6.07 Å². The highest BCUT2D eigenvalue weighted by Gasteiger charge is 2.26. The van der Waals surface area contributed by atoms with E-state index in [4.69, 9.17) is 0 Å². The van der Waals surface area contributed by atoms with Gasteiger partial charge in [-0.2, -0.15) is 5.10 Å². The van der Waals surface area contributed by atoms with Gasteiger partial charge in [0.15, 0.2) is 0 Å². The molecule has 1 aliphatic heterocycles. The van der Waals surface area contributed by atoms with Crippen LogP contribution in [0.1, 0.15) is 21.8 Å². The summed E-state index contributed by atoms with van der Waals surface area (Å²) in [5, 5.41) is 9.62. The molecule has 1 amide bonds. The fourth-order valence-electron chi connectivity index (χ4n) is 3.20. The Kier molecular flexibility index (Phi) is 4.92. The SMILES string of the molecule is O=C(c1cccs1)N1Cc2ccnn2CC(CCNc2ncccn2)C1. The molecule has 0 saturated carbocycles. The number of thiophene rings is 1. The molecule has 4 rings (SSSR count). The number of aromatic nitrogens is 4. The number of nitrogens with zero attached hydrogens (tertiary/aromatic N) is 5. The lowest BCUT2D eigenvalue weighted by atomic mass is 10.1. The summed E-state index contributed by atoms with van der Waals surface area (Å²) in [6.45, 7) is 2.89. The highest BCUT2D eigenvalue weighted by molar-refractivity contribution is 7.12. The fraction of sp³-hybridized carbons (Fsp3) is 0.333. The highest BCUT2D eigenvalue weighted by Crippen LogP contribution is 2.21. The van der Waals surface area contributed by atoms with Crippen molar-refractivity contribution in [3.63, 3.8) is 0 Å². The zero-order chi connectivity index (χ0) is 17.8. The number of rotatable bonds is 5. The second-order valence-corrected chi connectivity index (χ2v) is 7.27. The molecule has 0 aromatic carbocycles. The minimum absolute atomic E-state index is 0.0963. The summed E-state index contributed by atoms with van der Waals surface area (Å²) in [4.78, 5) is 23.9. The van der Waals surface area contributed by atoms with Crippen molar-refractivity contribution in [2.75, 3.05) is 18.4 Å². The molecule has 0 radical (unpaired) electrons. The van der Waals surface area contributed by atoms with Crippen molar-refractivity contribution in [2.45, 2.75) is 19.5 Å². The van der Waals surface area contributed by atoms with E-state index in [1.165, 1.54) is 11.3 Å². The van der Waals surface area contributed by atoms with Crippen LogP contribution in [-0.2, 0) is 13.1 Å². The van der Waals surface area contributed by atoms with E-state index in [1.54, 1.807) is 18.5 Å². The summed E-state index contributed by atoms with van der Waals surface area (Å²) in [5.74, 6) is 1.04. The van der Waals surface area contributed by atoms with E-state index in [2.05, 4.69) is 20.4 Å². The van der Waals surface area contributed by atoms with Gasteiger partial charge in [-0.25, -0.2) is 9.97 Å². The van der Waals surface area contributed by atoms with Crippen molar-refractivity contribution < 1.29 is 4.79 Å². The van der Waals surface area contributed by atoms with Crippen molar-refractivity contribution in [3.05, 3.63) is 58.8 Å². The van der Waals surface area contributed by atoms with Crippen molar-refractivity contribution >= 4 is 23.2 Å². The van der Waals surface area contributed by atoms with Crippen LogP contribution in [0, 0.1) is 5.92 Å². The van der Waals surface area contributed by atoms with E-state index in [0.717, 1.165) is 36.6 Å². The largest absolute Gasteiger partial charge is 0.354 e. The van der Waals surface area contributed by atoms with Crippen LogP contribution in [0.25, 0.3) is 0 Å². The zero-order valence-electron chi connectivity index (χ0n) is 14.3. The number of fused-ring (bicyclic) bond motifs is 1. The quantitative estimate of drug-likeness (QED) is 0.749. The van der Waals surface area contributed by atoms with Crippen LogP contribution in [0.15, 0.2) is 48.2 Å². The molecular weight excluding hydrogens is 348 g/mol. The van der Waals surface area contributed by atoms with Gasteiger partial charge in [-0.15, -0.1) is 11.3 Å². The van der Waals surface area contributed by atoms with Crippen molar-refractivity contribution in [1.29, 1.82) is 0 Å². The van der Waals surface area contributed by atoms with Gasteiger partial charge < -0.3 is 10.2 Å². The number of hydrogen-bond donors (Lipinski definition) is 1. The number of carbonyl (C=O) groups is 1. The maximum atomic E-state index is 12.9. The van der Waals surface area contributed by atoms with Gasteiger partial charge in [-0.3, -0.25) is 9.48 Å². The van der Waals surface area contributed by atoms with Crippen LogP contribution in [0.3, 0.4) is 0 Å². The Balaban J connectivity index is 1.45. The molecule has 3 aromatic rings. The second kappa shape index (κ2) is 7.65. The standard InChI is InChI=1S/C18H20N6OS/c25-17(16-3-1-10-26-16)23-11-14(12-24-15(13-23)5-9-22-24)4-8-21-18-19-6-2-7-20-18/h1-3,5-7,9-10,14H,4,8,11-13H2,(H,19,20,21). The van der Waals surface area contributed by atoms with Crippen LogP contribution in [0.4, 0.5) is 5.95 Å². The summed E-state index contributed by atoms with van der Waals surface area (Å²) in [6, 6.07) is 7.59. The lowest BCUT2D eigenvalue weighted by molar-refractivity contribution is 0.0724. The van der Waals surface area contributed by atoms with Crippen molar-refractivity contribution in [1.82, 2.24) is 24.6 Å². The molecular formula is C18H20N6OS. The zero-order valence-corrected chi connectivity index (χ0v) is 15.1. The molecule has 26 heavy (non-hydrogen) atoms. The Bertz CT molecular complexity index is 848. The number of hydrogen-bond acceptors (Lipinski definition) is 6. The molecule has 0 spiro atoms. The molecule has 1 atom stereocenters. The summed E-state index contributed by atoms with van der Waals surface area (Å²) < 4.78 is 2.02. The van der Waals surface area contributed by atoms with Gasteiger partial charge in [0, 0.05) is 38.2 Å². The number of carbonyl (C=O) groups excluding carboxylic acids is 1. The summed E-state index contributed by atoms with van der Waals surface area (Å²) in [5.41, 5.74) is 1.08. The maximum absolute atomic E-state index is 12.9. The fourth-order valence-corrected chi connectivity index (χ4v) is 3.90. The molecule has 1 N–H and O–H groups in total. The van der Waals surface area contributed by atoms with Crippen molar-refractivity contribution in [2.24, 2.45) is 5.92 Å². The monoisotopic (exact) mass is 368 g/mol.